The van der Waals surface area contributed by atoms with Crippen LogP contribution in [0.15, 0.2) is 30.3 Å². The highest BCUT2D eigenvalue weighted by Crippen LogP contribution is 2.38. The van der Waals surface area contributed by atoms with Gasteiger partial charge in [0.2, 0.25) is 5.75 Å². The Morgan fingerprint density at radius 3 is 2.27 bits per heavy atom. The van der Waals surface area contributed by atoms with Crippen LogP contribution in [0, 0.1) is 12.8 Å². The van der Waals surface area contributed by atoms with Gasteiger partial charge in [-0.15, -0.1) is 0 Å². The average Bonchev–Trinajstić information content (AvgIpc) is 2.77. The number of rotatable bonds is 6. The lowest BCUT2D eigenvalue weighted by molar-refractivity contribution is 0.0636. The first-order valence-corrected chi connectivity index (χ1v) is 10.2. The molecular formula is C23H26ClNO5. The van der Waals surface area contributed by atoms with E-state index < -0.39 is 0 Å². The van der Waals surface area contributed by atoms with E-state index in [9.17, 15) is 9.59 Å². The maximum absolute atomic E-state index is 13.2. The zero-order valence-corrected chi connectivity index (χ0v) is 18.4. The monoisotopic (exact) mass is 431 g/mol. The number of carbonyl (C=O) groups is 2. The second-order valence-corrected chi connectivity index (χ2v) is 7.76. The van der Waals surface area contributed by atoms with Crippen LogP contribution in [0.3, 0.4) is 0 Å². The van der Waals surface area contributed by atoms with E-state index in [1.165, 1.54) is 21.3 Å². The molecule has 0 radical (unpaired) electrons. The first-order valence-electron chi connectivity index (χ1n) is 9.79. The second-order valence-electron chi connectivity index (χ2n) is 7.33. The van der Waals surface area contributed by atoms with Gasteiger partial charge in [0.25, 0.3) is 5.91 Å². The topological polar surface area (TPSA) is 65.1 Å². The summed E-state index contributed by atoms with van der Waals surface area (Å²) in [5.74, 6) is 0.903. The van der Waals surface area contributed by atoms with Gasteiger partial charge < -0.3 is 19.1 Å². The van der Waals surface area contributed by atoms with E-state index in [4.69, 9.17) is 25.8 Å². The van der Waals surface area contributed by atoms with Crippen LogP contribution in [0.5, 0.6) is 17.2 Å². The molecular weight excluding hydrogens is 406 g/mol. The predicted molar refractivity (Wildman–Crippen MR) is 115 cm³/mol. The number of hydrogen-bond donors (Lipinski definition) is 0. The predicted octanol–water partition coefficient (Wildman–Crippen LogP) is 4.41. The quantitative estimate of drug-likeness (QED) is 0.634. The lowest BCUT2D eigenvalue weighted by atomic mass is 9.88. The molecule has 7 heteroatoms. The summed E-state index contributed by atoms with van der Waals surface area (Å²) < 4.78 is 16.0. The standard InChI is InChI=1S/C23H26ClNO5/c1-14-10-17(24)7-8-18(14)21(26)15-6-5-9-25(13-15)23(27)16-11-19(28-2)22(30-4)20(12-16)29-3/h7-8,10-12,15H,5-6,9,13H2,1-4H3. The number of halogens is 1. The third kappa shape index (κ3) is 4.38. The minimum Gasteiger partial charge on any atom is -0.493 e. The van der Waals surface area contributed by atoms with Crippen LogP contribution in [-0.4, -0.2) is 51.0 Å². The number of carbonyl (C=O) groups excluding carboxylic acids is 2. The van der Waals surface area contributed by atoms with Crippen molar-refractivity contribution in [2.75, 3.05) is 34.4 Å². The largest absolute Gasteiger partial charge is 0.493 e. The van der Waals surface area contributed by atoms with Crippen molar-refractivity contribution in [3.05, 3.63) is 52.0 Å². The zero-order valence-electron chi connectivity index (χ0n) is 17.7. The Labute approximate surface area is 181 Å². The Balaban J connectivity index is 1.83. The average molecular weight is 432 g/mol. The molecule has 1 aliphatic heterocycles. The fraction of sp³-hybridized carbons (Fsp3) is 0.391. The smallest absolute Gasteiger partial charge is 0.254 e. The van der Waals surface area contributed by atoms with Gasteiger partial charge in [0.15, 0.2) is 17.3 Å². The highest BCUT2D eigenvalue weighted by atomic mass is 35.5. The fourth-order valence-corrected chi connectivity index (χ4v) is 4.11. The van der Waals surface area contributed by atoms with E-state index >= 15 is 0 Å². The molecule has 0 saturated carbocycles. The van der Waals surface area contributed by atoms with Gasteiger partial charge in [-0.2, -0.15) is 0 Å². The van der Waals surface area contributed by atoms with E-state index in [0.29, 0.717) is 46.5 Å². The molecule has 1 unspecified atom stereocenters. The third-order valence-corrected chi connectivity index (χ3v) is 5.68. The molecule has 1 aliphatic rings. The van der Waals surface area contributed by atoms with Crippen molar-refractivity contribution in [1.82, 2.24) is 4.90 Å². The van der Waals surface area contributed by atoms with E-state index in [1.807, 2.05) is 6.92 Å². The van der Waals surface area contributed by atoms with Crippen molar-refractivity contribution >= 4 is 23.3 Å². The van der Waals surface area contributed by atoms with Crippen LogP contribution in [0.1, 0.15) is 39.1 Å². The molecule has 160 valence electrons. The van der Waals surface area contributed by atoms with Crippen LogP contribution in [0.4, 0.5) is 0 Å². The number of benzene rings is 2. The number of aryl methyl sites for hydroxylation is 1. The summed E-state index contributed by atoms with van der Waals surface area (Å²) in [6, 6.07) is 8.55. The maximum atomic E-state index is 13.2. The summed E-state index contributed by atoms with van der Waals surface area (Å²) in [7, 11) is 4.53. The first kappa shape index (κ1) is 22.0. The van der Waals surface area contributed by atoms with Gasteiger partial charge in [0, 0.05) is 35.2 Å². The van der Waals surface area contributed by atoms with E-state index in [2.05, 4.69) is 0 Å². The second kappa shape index (κ2) is 9.39. The molecule has 6 nitrogen and oxygen atoms in total. The fourth-order valence-electron chi connectivity index (χ4n) is 3.89. The molecule has 1 saturated heterocycles. The van der Waals surface area contributed by atoms with Crippen LogP contribution in [0.25, 0.3) is 0 Å². The van der Waals surface area contributed by atoms with Crippen molar-refractivity contribution in [1.29, 1.82) is 0 Å². The molecule has 2 aromatic carbocycles. The normalized spacial score (nSPS) is 16.2. The van der Waals surface area contributed by atoms with Crippen molar-refractivity contribution in [2.45, 2.75) is 19.8 Å². The molecule has 0 N–H and O–H groups in total. The van der Waals surface area contributed by atoms with Gasteiger partial charge in [-0.1, -0.05) is 11.6 Å². The van der Waals surface area contributed by atoms with Gasteiger partial charge in [-0.25, -0.2) is 0 Å². The Hall–Kier alpha value is -2.73. The van der Waals surface area contributed by atoms with Crippen molar-refractivity contribution in [3.63, 3.8) is 0 Å². The van der Waals surface area contributed by atoms with Gasteiger partial charge in [-0.05, 0) is 55.7 Å². The Kier molecular flexibility index (Phi) is 6.87. The van der Waals surface area contributed by atoms with E-state index in [1.54, 1.807) is 35.2 Å². The molecule has 3 rings (SSSR count). The van der Waals surface area contributed by atoms with Crippen molar-refractivity contribution < 1.29 is 23.8 Å². The van der Waals surface area contributed by atoms with Crippen LogP contribution in [-0.2, 0) is 0 Å². The minimum atomic E-state index is -0.246. The molecule has 2 aromatic rings. The number of piperidine rings is 1. The SMILES string of the molecule is COc1cc(C(=O)N2CCCC(C(=O)c3ccc(Cl)cc3C)C2)cc(OC)c1OC. The maximum Gasteiger partial charge on any atom is 0.254 e. The number of ketones is 1. The van der Waals surface area contributed by atoms with Crippen LogP contribution >= 0.6 is 11.6 Å². The molecule has 0 aromatic heterocycles. The minimum absolute atomic E-state index is 0.0477. The molecule has 0 aliphatic carbocycles. The highest BCUT2D eigenvalue weighted by molar-refractivity contribution is 6.30. The first-order chi connectivity index (χ1) is 14.4. The third-order valence-electron chi connectivity index (χ3n) is 5.44. The molecule has 30 heavy (non-hydrogen) atoms. The van der Waals surface area contributed by atoms with Gasteiger partial charge in [-0.3, -0.25) is 9.59 Å². The zero-order chi connectivity index (χ0) is 21.8. The molecule has 1 amide bonds. The summed E-state index contributed by atoms with van der Waals surface area (Å²) in [5.41, 5.74) is 1.94. The summed E-state index contributed by atoms with van der Waals surface area (Å²) in [4.78, 5) is 28.0. The number of ether oxygens (including phenoxy) is 3. The number of nitrogens with zero attached hydrogens (tertiary/aromatic N) is 1. The van der Waals surface area contributed by atoms with Crippen LogP contribution < -0.4 is 14.2 Å². The Bertz CT molecular complexity index is 934. The number of amides is 1. The lowest BCUT2D eigenvalue weighted by Crippen LogP contribution is -2.42. The van der Waals surface area contributed by atoms with Gasteiger partial charge >= 0.3 is 0 Å². The summed E-state index contributed by atoms with van der Waals surface area (Å²) in [6.45, 7) is 2.84. The van der Waals surface area contributed by atoms with Crippen LogP contribution in [0.2, 0.25) is 5.02 Å². The number of Topliss-reactive ketones (excluding diaryl/α,β-unsaturated/α-hetero) is 1. The summed E-state index contributed by atoms with van der Waals surface area (Å²) in [5, 5.41) is 0.604. The summed E-state index contributed by atoms with van der Waals surface area (Å²) >= 11 is 6.02. The van der Waals surface area contributed by atoms with Gasteiger partial charge in [0.05, 0.1) is 21.3 Å². The van der Waals surface area contributed by atoms with E-state index in [0.717, 1.165) is 18.4 Å². The van der Waals surface area contributed by atoms with E-state index in [-0.39, 0.29) is 17.6 Å². The summed E-state index contributed by atoms with van der Waals surface area (Å²) in [6.07, 6.45) is 1.51. The van der Waals surface area contributed by atoms with Crippen molar-refractivity contribution in [2.24, 2.45) is 5.92 Å². The molecule has 0 bridgehead atoms. The molecule has 0 spiro atoms. The molecule has 1 fully saturated rings. The Morgan fingerprint density at radius 1 is 1.03 bits per heavy atom. The lowest BCUT2D eigenvalue weighted by Gasteiger charge is -2.32. The molecule has 1 atom stereocenters. The van der Waals surface area contributed by atoms with Crippen molar-refractivity contribution in [3.8, 4) is 17.2 Å². The number of likely N-dealkylation sites (tertiary alicyclic amines) is 1. The highest BCUT2D eigenvalue weighted by Gasteiger charge is 2.31. The Morgan fingerprint density at radius 2 is 1.70 bits per heavy atom. The number of methoxy groups -OCH3 is 3. The van der Waals surface area contributed by atoms with Gasteiger partial charge in [0.1, 0.15) is 0 Å². The molecule has 1 heterocycles. The number of hydrogen-bond acceptors (Lipinski definition) is 5.